The molecule has 0 amide bonds. The van der Waals surface area contributed by atoms with E-state index in [0.29, 0.717) is 44.1 Å². The number of esters is 1. The topological polar surface area (TPSA) is 79.1 Å². The SMILES string of the molecule is C=CCOc1c(/C=c2/sc3n(c2=O)[C@@H](c2ccccc2)C(C(=O)OC)=C(CC)N=3)cc(I)cc1OC. The van der Waals surface area contributed by atoms with Crippen LogP contribution in [0.5, 0.6) is 11.5 Å². The van der Waals surface area contributed by atoms with Crippen molar-refractivity contribution in [3.63, 3.8) is 0 Å². The lowest BCUT2D eigenvalue weighted by Gasteiger charge is -2.25. The lowest BCUT2D eigenvalue weighted by molar-refractivity contribution is -0.136. The maximum absolute atomic E-state index is 13.8. The second-order valence-corrected chi connectivity index (χ2v) is 10.1. The van der Waals surface area contributed by atoms with E-state index in [1.165, 1.54) is 18.4 Å². The number of rotatable bonds is 8. The number of benzene rings is 2. The molecular weight excluding hydrogens is 591 g/mol. The van der Waals surface area contributed by atoms with Crippen LogP contribution in [0, 0.1) is 3.57 Å². The number of carbonyl (C=O) groups is 1. The van der Waals surface area contributed by atoms with Gasteiger partial charge >= 0.3 is 5.97 Å². The minimum atomic E-state index is -0.645. The van der Waals surface area contributed by atoms with Gasteiger partial charge in [0.15, 0.2) is 16.3 Å². The van der Waals surface area contributed by atoms with Crippen LogP contribution in [0.15, 0.2) is 76.2 Å². The first-order valence-electron chi connectivity index (χ1n) is 11.2. The highest BCUT2D eigenvalue weighted by Crippen LogP contribution is 2.34. The van der Waals surface area contributed by atoms with E-state index < -0.39 is 12.0 Å². The molecule has 36 heavy (non-hydrogen) atoms. The number of fused-ring (bicyclic) bond motifs is 1. The van der Waals surface area contributed by atoms with Gasteiger partial charge in [0.05, 0.1) is 36.1 Å². The molecule has 0 saturated heterocycles. The van der Waals surface area contributed by atoms with Crippen LogP contribution in [0.4, 0.5) is 0 Å². The molecule has 0 fully saturated rings. The smallest absolute Gasteiger partial charge is 0.338 e. The van der Waals surface area contributed by atoms with Crippen molar-refractivity contribution >= 4 is 46.0 Å². The van der Waals surface area contributed by atoms with Gasteiger partial charge in [0.2, 0.25) is 0 Å². The summed E-state index contributed by atoms with van der Waals surface area (Å²) in [6.45, 7) is 5.93. The van der Waals surface area contributed by atoms with Gasteiger partial charge in [0.1, 0.15) is 6.61 Å². The monoisotopic (exact) mass is 616 g/mol. The normalized spacial score (nSPS) is 15.2. The Kier molecular flexibility index (Phi) is 8.10. The zero-order valence-corrected chi connectivity index (χ0v) is 23.1. The van der Waals surface area contributed by atoms with Gasteiger partial charge in [-0.25, -0.2) is 9.79 Å². The molecule has 0 aliphatic carbocycles. The van der Waals surface area contributed by atoms with Gasteiger partial charge in [-0.3, -0.25) is 9.36 Å². The van der Waals surface area contributed by atoms with Crippen molar-refractivity contribution in [1.82, 2.24) is 4.57 Å². The summed E-state index contributed by atoms with van der Waals surface area (Å²) >= 11 is 3.47. The number of nitrogens with zero attached hydrogens (tertiary/aromatic N) is 2. The maximum atomic E-state index is 13.8. The largest absolute Gasteiger partial charge is 0.493 e. The molecule has 0 bridgehead atoms. The summed E-state index contributed by atoms with van der Waals surface area (Å²) in [5.74, 6) is 0.583. The summed E-state index contributed by atoms with van der Waals surface area (Å²) < 4.78 is 19.5. The van der Waals surface area contributed by atoms with Crippen LogP contribution >= 0.6 is 33.9 Å². The molecule has 0 saturated carbocycles. The van der Waals surface area contributed by atoms with E-state index in [4.69, 9.17) is 19.2 Å². The van der Waals surface area contributed by atoms with Crippen LogP contribution in [0.25, 0.3) is 6.08 Å². The van der Waals surface area contributed by atoms with Crippen molar-refractivity contribution in [3.8, 4) is 11.5 Å². The van der Waals surface area contributed by atoms with Crippen molar-refractivity contribution < 1.29 is 19.0 Å². The predicted octanol–water partition coefficient (Wildman–Crippen LogP) is 3.98. The van der Waals surface area contributed by atoms with Crippen molar-refractivity contribution in [2.75, 3.05) is 20.8 Å². The Bertz CT molecular complexity index is 1520. The molecule has 7 nitrogen and oxygen atoms in total. The number of hydrogen-bond acceptors (Lipinski definition) is 7. The zero-order valence-electron chi connectivity index (χ0n) is 20.1. The molecule has 1 aromatic heterocycles. The van der Waals surface area contributed by atoms with Gasteiger partial charge < -0.3 is 14.2 Å². The predicted molar refractivity (Wildman–Crippen MR) is 148 cm³/mol. The van der Waals surface area contributed by atoms with E-state index in [-0.39, 0.29) is 12.2 Å². The third kappa shape index (κ3) is 4.90. The molecule has 0 unspecified atom stereocenters. The first-order chi connectivity index (χ1) is 17.4. The van der Waals surface area contributed by atoms with Gasteiger partial charge in [-0.05, 0) is 52.8 Å². The van der Waals surface area contributed by atoms with Crippen LogP contribution < -0.4 is 24.4 Å². The molecule has 1 aliphatic heterocycles. The fraction of sp³-hybridized carbons (Fsp3) is 0.222. The second kappa shape index (κ2) is 11.3. The Hall–Kier alpha value is -3.18. The Morgan fingerprint density at radius 2 is 2.00 bits per heavy atom. The first kappa shape index (κ1) is 25.9. The highest BCUT2D eigenvalue weighted by Gasteiger charge is 2.33. The van der Waals surface area contributed by atoms with Crippen LogP contribution in [0.2, 0.25) is 0 Å². The third-order valence-electron chi connectivity index (χ3n) is 5.67. The highest BCUT2D eigenvalue weighted by atomic mass is 127. The molecule has 1 aliphatic rings. The molecular formula is C27H25IN2O5S. The van der Waals surface area contributed by atoms with Gasteiger partial charge in [0.25, 0.3) is 5.56 Å². The first-order valence-corrected chi connectivity index (χ1v) is 13.1. The van der Waals surface area contributed by atoms with Crippen molar-refractivity contribution in [3.05, 3.63) is 101 Å². The molecule has 1 atom stereocenters. The number of carbonyl (C=O) groups excluding carboxylic acids is 1. The molecule has 0 radical (unpaired) electrons. The quantitative estimate of drug-likeness (QED) is 0.218. The average molecular weight is 616 g/mol. The molecule has 186 valence electrons. The maximum Gasteiger partial charge on any atom is 0.338 e. The van der Waals surface area contributed by atoms with Crippen molar-refractivity contribution in [2.45, 2.75) is 19.4 Å². The molecule has 2 heterocycles. The summed E-state index contributed by atoms with van der Waals surface area (Å²) in [4.78, 5) is 32.0. The Morgan fingerprint density at radius 1 is 1.25 bits per heavy atom. The lowest BCUT2D eigenvalue weighted by Crippen LogP contribution is -2.40. The van der Waals surface area contributed by atoms with Gasteiger partial charge in [-0.15, -0.1) is 0 Å². The number of ether oxygens (including phenoxy) is 3. The number of methoxy groups -OCH3 is 2. The van der Waals surface area contributed by atoms with Gasteiger partial charge in [0, 0.05) is 9.13 Å². The Morgan fingerprint density at radius 3 is 2.64 bits per heavy atom. The fourth-order valence-electron chi connectivity index (χ4n) is 4.10. The molecule has 4 rings (SSSR count). The van der Waals surface area contributed by atoms with E-state index in [2.05, 4.69) is 29.2 Å². The summed E-state index contributed by atoms with van der Waals surface area (Å²) in [5.41, 5.74) is 2.23. The number of aromatic nitrogens is 1. The van der Waals surface area contributed by atoms with E-state index in [1.54, 1.807) is 23.8 Å². The number of thiazole rings is 1. The van der Waals surface area contributed by atoms with Gasteiger partial charge in [-0.1, -0.05) is 61.2 Å². The zero-order chi connectivity index (χ0) is 25.8. The van der Waals surface area contributed by atoms with E-state index in [1.807, 2.05) is 49.4 Å². The number of hydrogen-bond donors (Lipinski definition) is 0. The molecule has 9 heteroatoms. The molecule has 3 aromatic rings. The third-order valence-corrected chi connectivity index (χ3v) is 7.27. The molecule has 2 aromatic carbocycles. The van der Waals surface area contributed by atoms with E-state index in [9.17, 15) is 9.59 Å². The summed E-state index contributed by atoms with van der Waals surface area (Å²) in [6, 6.07) is 12.6. The summed E-state index contributed by atoms with van der Waals surface area (Å²) in [7, 11) is 2.91. The molecule has 0 N–H and O–H groups in total. The van der Waals surface area contributed by atoms with Crippen LogP contribution in [-0.4, -0.2) is 31.4 Å². The number of allylic oxidation sites excluding steroid dienone is 1. The van der Waals surface area contributed by atoms with E-state index >= 15 is 0 Å². The van der Waals surface area contributed by atoms with Crippen molar-refractivity contribution in [1.29, 1.82) is 0 Å². The summed E-state index contributed by atoms with van der Waals surface area (Å²) in [5, 5.41) is 0. The average Bonchev–Trinajstić information content (AvgIpc) is 3.21. The van der Waals surface area contributed by atoms with Crippen LogP contribution in [0.1, 0.15) is 30.5 Å². The number of halogens is 1. The second-order valence-electron chi connectivity index (χ2n) is 7.82. The van der Waals surface area contributed by atoms with Gasteiger partial charge in [-0.2, -0.15) is 0 Å². The standard InChI is InChI=1S/C27H25IN2O5S/c1-5-12-35-24-17(13-18(28)15-20(24)33-3)14-21-25(31)30-23(16-10-8-7-9-11-16)22(26(32)34-4)19(6-2)29-27(30)36-21/h5,7-11,13-15,23H,1,6,12H2,2-4H3/b21-14+/t23-/m0/s1. The highest BCUT2D eigenvalue weighted by molar-refractivity contribution is 14.1. The fourth-order valence-corrected chi connectivity index (χ4v) is 5.73. The Labute approximate surface area is 226 Å². The van der Waals surface area contributed by atoms with E-state index in [0.717, 1.165) is 9.13 Å². The minimum Gasteiger partial charge on any atom is -0.493 e. The minimum absolute atomic E-state index is 0.253. The van der Waals surface area contributed by atoms with Crippen molar-refractivity contribution in [2.24, 2.45) is 4.99 Å². The van der Waals surface area contributed by atoms with Crippen LogP contribution in [0.3, 0.4) is 0 Å². The lowest BCUT2D eigenvalue weighted by atomic mass is 9.95. The molecule has 0 spiro atoms. The Balaban J connectivity index is 2.00. The summed E-state index contributed by atoms with van der Waals surface area (Å²) in [6.07, 6.45) is 3.95. The van der Waals surface area contributed by atoms with Crippen LogP contribution in [-0.2, 0) is 9.53 Å².